The van der Waals surface area contributed by atoms with Crippen LogP contribution >= 0.6 is 11.6 Å². The highest BCUT2D eigenvalue weighted by molar-refractivity contribution is 6.30. The molecule has 23 heavy (non-hydrogen) atoms. The van der Waals surface area contributed by atoms with Gasteiger partial charge >= 0.3 is 5.97 Å². The molecule has 0 aliphatic carbocycles. The zero-order chi connectivity index (χ0) is 16.6. The van der Waals surface area contributed by atoms with E-state index >= 15 is 0 Å². The van der Waals surface area contributed by atoms with E-state index in [2.05, 4.69) is 0 Å². The van der Waals surface area contributed by atoms with E-state index in [0.29, 0.717) is 22.7 Å². The van der Waals surface area contributed by atoms with E-state index in [1.54, 1.807) is 24.3 Å². The molecule has 0 saturated heterocycles. The largest absolute Gasteiger partial charge is 0.423 e. The lowest BCUT2D eigenvalue weighted by atomic mass is 10.0. The maximum Gasteiger partial charge on any atom is 0.344 e. The molecule has 0 fully saturated rings. The second-order valence-electron chi connectivity index (χ2n) is 4.79. The first-order valence-electron chi connectivity index (χ1n) is 6.50. The average molecular weight is 337 g/mol. The van der Waals surface area contributed by atoms with Gasteiger partial charge in [-0.3, -0.25) is 0 Å². The Morgan fingerprint density at radius 2 is 1.61 bits per heavy atom. The molecule has 0 radical (unpaired) electrons. The molecular weight excluding hydrogens is 329 g/mol. The Morgan fingerprint density at radius 3 is 2.22 bits per heavy atom. The number of hydrogen-bond donors (Lipinski definition) is 0. The fourth-order valence-electron chi connectivity index (χ4n) is 2.16. The molecule has 0 spiro atoms. The molecule has 0 unspecified atom stereocenters. The fraction of sp³-hybridized carbons (Fsp3) is 0. The Bertz CT molecular complexity index is 832. The van der Waals surface area contributed by atoms with Crippen molar-refractivity contribution in [3.8, 4) is 0 Å². The minimum Gasteiger partial charge on any atom is -0.423 e. The van der Waals surface area contributed by atoms with Gasteiger partial charge in [0, 0.05) is 17.2 Å². The van der Waals surface area contributed by atoms with Crippen molar-refractivity contribution in [1.82, 2.24) is 0 Å². The molecule has 0 bridgehead atoms. The third kappa shape index (κ3) is 3.14. The van der Waals surface area contributed by atoms with E-state index in [1.807, 2.05) is 0 Å². The Morgan fingerprint density at radius 1 is 1.00 bits per heavy atom. The minimum absolute atomic E-state index is 0.121. The summed E-state index contributed by atoms with van der Waals surface area (Å²) in [5.41, 5.74) is -0.231. The quantitative estimate of drug-likeness (QED) is 0.740. The minimum atomic E-state index is -1.17. The summed E-state index contributed by atoms with van der Waals surface area (Å²) >= 11 is 5.77. The van der Waals surface area contributed by atoms with Crippen molar-refractivity contribution in [3.05, 3.63) is 81.8 Å². The van der Waals surface area contributed by atoms with E-state index in [0.717, 1.165) is 0 Å². The van der Waals surface area contributed by atoms with Gasteiger partial charge in [-0.05, 0) is 29.8 Å². The highest BCUT2D eigenvalue weighted by Crippen LogP contribution is 2.31. The summed E-state index contributed by atoms with van der Waals surface area (Å²) in [6, 6.07) is 7.69. The summed E-state index contributed by atoms with van der Waals surface area (Å²) in [6.45, 7) is 0. The maximum absolute atomic E-state index is 13.8. The van der Waals surface area contributed by atoms with E-state index in [4.69, 9.17) is 16.3 Å². The first-order valence-corrected chi connectivity index (χ1v) is 6.88. The normalized spacial score (nSPS) is 15.7. The van der Waals surface area contributed by atoms with Gasteiger partial charge in [0.15, 0.2) is 0 Å². The number of carbonyl (C=O) groups excluding carboxylic acids is 1. The molecule has 2 aromatic rings. The van der Waals surface area contributed by atoms with Crippen molar-refractivity contribution in [2.24, 2.45) is 0 Å². The van der Waals surface area contributed by atoms with Crippen LogP contribution in [0.5, 0.6) is 0 Å². The van der Waals surface area contributed by atoms with Crippen LogP contribution in [0.25, 0.3) is 11.6 Å². The molecular formula is C17H8ClF3O2. The number of benzene rings is 2. The molecule has 2 nitrogen and oxygen atoms in total. The topological polar surface area (TPSA) is 26.3 Å². The van der Waals surface area contributed by atoms with Crippen LogP contribution in [-0.4, -0.2) is 5.97 Å². The molecule has 1 aliphatic heterocycles. The molecule has 3 rings (SSSR count). The second-order valence-corrected chi connectivity index (χ2v) is 5.23. The number of cyclic esters (lactones) is 1. The summed E-state index contributed by atoms with van der Waals surface area (Å²) in [4.78, 5) is 11.8. The lowest BCUT2D eigenvalue weighted by Gasteiger charge is -2.03. The van der Waals surface area contributed by atoms with Crippen LogP contribution in [0.1, 0.15) is 11.1 Å². The first-order chi connectivity index (χ1) is 10.9. The van der Waals surface area contributed by atoms with Gasteiger partial charge in [-0.2, -0.15) is 0 Å². The summed E-state index contributed by atoms with van der Waals surface area (Å²) < 4.78 is 45.5. The van der Waals surface area contributed by atoms with Crippen LogP contribution in [0, 0.1) is 17.5 Å². The number of carbonyl (C=O) groups is 1. The highest BCUT2D eigenvalue weighted by atomic mass is 35.5. The van der Waals surface area contributed by atoms with E-state index < -0.39 is 29.0 Å². The number of ether oxygens (including phenoxy) is 1. The van der Waals surface area contributed by atoms with Gasteiger partial charge < -0.3 is 4.74 Å². The van der Waals surface area contributed by atoms with Crippen molar-refractivity contribution in [2.45, 2.75) is 0 Å². The van der Waals surface area contributed by atoms with Crippen LogP contribution in [0.15, 0.2) is 48.2 Å². The van der Waals surface area contributed by atoms with Gasteiger partial charge in [-0.15, -0.1) is 0 Å². The number of allylic oxidation sites excluding steroid dienone is 1. The number of halogens is 4. The molecule has 0 aromatic heterocycles. The lowest BCUT2D eigenvalue weighted by molar-refractivity contribution is -0.131. The predicted molar refractivity (Wildman–Crippen MR) is 79.8 cm³/mol. The predicted octanol–water partition coefficient (Wildman–Crippen LogP) is 4.74. The van der Waals surface area contributed by atoms with Crippen molar-refractivity contribution in [2.75, 3.05) is 0 Å². The maximum atomic E-state index is 13.8. The van der Waals surface area contributed by atoms with Crippen molar-refractivity contribution in [1.29, 1.82) is 0 Å². The summed E-state index contributed by atoms with van der Waals surface area (Å²) in [5.74, 6) is -4.19. The Labute approximate surface area is 134 Å². The van der Waals surface area contributed by atoms with Gasteiger partial charge in [0.1, 0.15) is 23.2 Å². The Kier molecular flexibility index (Phi) is 3.96. The monoisotopic (exact) mass is 336 g/mol. The van der Waals surface area contributed by atoms with Crippen LogP contribution in [-0.2, 0) is 9.53 Å². The molecule has 1 heterocycles. The smallest absolute Gasteiger partial charge is 0.344 e. The SMILES string of the molecule is O=C1OC(=Cc2ccc(Cl)cc2)C=C1c1c(F)cc(F)cc1F. The van der Waals surface area contributed by atoms with Crippen molar-refractivity contribution in [3.63, 3.8) is 0 Å². The van der Waals surface area contributed by atoms with E-state index in [1.165, 1.54) is 12.2 Å². The Hall–Kier alpha value is -2.53. The molecule has 6 heteroatoms. The zero-order valence-corrected chi connectivity index (χ0v) is 12.2. The van der Waals surface area contributed by atoms with Gasteiger partial charge in [0.05, 0.1) is 11.1 Å². The second kappa shape index (κ2) is 5.93. The molecule has 0 N–H and O–H groups in total. The number of rotatable bonds is 2. The number of esters is 1. The average Bonchev–Trinajstić information content (AvgIpc) is 2.81. The van der Waals surface area contributed by atoms with Crippen LogP contribution in [0.3, 0.4) is 0 Å². The van der Waals surface area contributed by atoms with Gasteiger partial charge in [-0.1, -0.05) is 23.7 Å². The van der Waals surface area contributed by atoms with Crippen LogP contribution in [0.2, 0.25) is 5.02 Å². The standard InChI is InChI=1S/C17H8ClF3O2/c18-10-3-1-9(2-4-10)5-12-8-13(17(22)23-12)16-14(20)6-11(19)7-15(16)21/h1-8H. The molecule has 2 aromatic carbocycles. The first kappa shape index (κ1) is 15.4. The highest BCUT2D eigenvalue weighted by Gasteiger charge is 2.28. The van der Waals surface area contributed by atoms with Crippen LogP contribution in [0.4, 0.5) is 13.2 Å². The van der Waals surface area contributed by atoms with Crippen molar-refractivity contribution < 1.29 is 22.7 Å². The fourth-order valence-corrected chi connectivity index (χ4v) is 2.29. The molecule has 0 saturated carbocycles. The number of hydrogen-bond acceptors (Lipinski definition) is 2. The van der Waals surface area contributed by atoms with Gasteiger partial charge in [-0.25, -0.2) is 18.0 Å². The van der Waals surface area contributed by atoms with Gasteiger partial charge in [0.2, 0.25) is 0 Å². The molecule has 1 aliphatic rings. The Balaban J connectivity index is 2.01. The summed E-state index contributed by atoms with van der Waals surface area (Å²) in [6.07, 6.45) is 2.72. The molecule has 116 valence electrons. The molecule has 0 amide bonds. The third-order valence-corrected chi connectivity index (χ3v) is 3.42. The third-order valence-electron chi connectivity index (χ3n) is 3.17. The molecule has 0 atom stereocenters. The van der Waals surface area contributed by atoms with Crippen LogP contribution < -0.4 is 0 Å². The van der Waals surface area contributed by atoms with E-state index in [-0.39, 0.29) is 11.3 Å². The van der Waals surface area contributed by atoms with Crippen molar-refractivity contribution >= 4 is 29.2 Å². The van der Waals surface area contributed by atoms with E-state index in [9.17, 15) is 18.0 Å². The zero-order valence-electron chi connectivity index (χ0n) is 11.4. The summed E-state index contributed by atoms with van der Waals surface area (Å²) in [5, 5.41) is 0.544. The summed E-state index contributed by atoms with van der Waals surface area (Å²) in [7, 11) is 0. The lowest BCUT2D eigenvalue weighted by Crippen LogP contribution is -2.03. The van der Waals surface area contributed by atoms with Gasteiger partial charge in [0.25, 0.3) is 0 Å².